The van der Waals surface area contributed by atoms with Crippen LogP contribution in [0.2, 0.25) is 0 Å². The highest BCUT2D eigenvalue weighted by Gasteiger charge is 2.05. The van der Waals surface area contributed by atoms with Crippen LogP contribution in [0.5, 0.6) is 0 Å². The third kappa shape index (κ3) is 4.78. The predicted molar refractivity (Wildman–Crippen MR) is 95.8 cm³/mol. The van der Waals surface area contributed by atoms with Crippen LogP contribution in [-0.4, -0.2) is 11.6 Å². The van der Waals surface area contributed by atoms with Gasteiger partial charge in [-0.05, 0) is 49.9 Å². The molecule has 0 bridgehead atoms. The Labute approximate surface area is 138 Å². The summed E-state index contributed by atoms with van der Waals surface area (Å²) in [6.07, 6.45) is 1.35. The molecule has 2 aromatic rings. The van der Waals surface area contributed by atoms with Gasteiger partial charge in [0.25, 0.3) is 0 Å². The molecule has 0 unspecified atom stereocenters. The van der Waals surface area contributed by atoms with E-state index in [9.17, 15) is 4.79 Å². The maximum absolute atomic E-state index is 12.0. The van der Waals surface area contributed by atoms with E-state index < -0.39 is 0 Å². The lowest BCUT2D eigenvalue weighted by Crippen LogP contribution is -2.21. The van der Waals surface area contributed by atoms with Crippen LogP contribution >= 0.6 is 0 Å². The number of aryl methyl sites for hydroxylation is 3. The molecule has 0 fully saturated rings. The van der Waals surface area contributed by atoms with Crippen LogP contribution in [0.25, 0.3) is 0 Å². The van der Waals surface area contributed by atoms with Crippen LogP contribution in [-0.2, 0) is 17.6 Å². The highest BCUT2D eigenvalue weighted by molar-refractivity contribution is 6.00. The molecule has 0 aliphatic rings. The smallest absolute Gasteiger partial charge is 0.244 e. The molecule has 2 aromatic carbocycles. The first kappa shape index (κ1) is 16.9. The molecule has 0 saturated heterocycles. The van der Waals surface area contributed by atoms with Crippen LogP contribution in [0.3, 0.4) is 0 Å². The fourth-order valence-electron chi connectivity index (χ4n) is 2.45. The Hall–Kier alpha value is -2.42. The zero-order chi connectivity index (χ0) is 16.8. The Morgan fingerprint density at radius 2 is 1.70 bits per heavy atom. The molecule has 120 valence electrons. The number of nitrogens with one attached hydrogen (secondary N) is 1. The minimum atomic E-state index is -0.0982. The SMILES string of the molecule is CCc1ccc(CC(=O)N/N=C(/C)c2cc(C)ccc2C)cc1. The quantitative estimate of drug-likeness (QED) is 0.659. The number of rotatable bonds is 5. The van der Waals surface area contributed by atoms with E-state index in [2.05, 4.69) is 54.7 Å². The Morgan fingerprint density at radius 1 is 1.04 bits per heavy atom. The number of nitrogens with zero attached hydrogens (tertiary/aromatic N) is 1. The second-order valence-electron chi connectivity index (χ2n) is 5.90. The van der Waals surface area contributed by atoms with Gasteiger partial charge in [-0.2, -0.15) is 5.10 Å². The number of hydrogen-bond donors (Lipinski definition) is 1. The summed E-state index contributed by atoms with van der Waals surface area (Å²) in [4.78, 5) is 12.0. The van der Waals surface area contributed by atoms with Gasteiger partial charge in [0.1, 0.15) is 0 Å². The third-order valence-electron chi connectivity index (χ3n) is 3.93. The first-order valence-corrected chi connectivity index (χ1v) is 7.98. The standard InChI is InChI=1S/C20H24N2O/c1-5-17-8-10-18(11-9-17)13-20(23)22-21-16(4)19-12-14(2)6-7-15(19)3/h6-12H,5,13H2,1-4H3,(H,22,23)/b21-16-. The van der Waals surface area contributed by atoms with E-state index in [1.54, 1.807) is 0 Å². The van der Waals surface area contributed by atoms with Crippen LogP contribution < -0.4 is 5.43 Å². The summed E-state index contributed by atoms with van der Waals surface area (Å²) in [5.74, 6) is -0.0982. The van der Waals surface area contributed by atoms with Crippen molar-refractivity contribution in [2.75, 3.05) is 0 Å². The summed E-state index contributed by atoms with van der Waals surface area (Å²) in [6, 6.07) is 14.4. The van der Waals surface area contributed by atoms with E-state index in [1.807, 2.05) is 26.0 Å². The zero-order valence-electron chi connectivity index (χ0n) is 14.3. The van der Waals surface area contributed by atoms with Gasteiger partial charge < -0.3 is 0 Å². The monoisotopic (exact) mass is 308 g/mol. The number of hydrazone groups is 1. The maximum Gasteiger partial charge on any atom is 0.244 e. The summed E-state index contributed by atoms with van der Waals surface area (Å²) in [7, 11) is 0. The van der Waals surface area contributed by atoms with Gasteiger partial charge in [-0.15, -0.1) is 0 Å². The van der Waals surface area contributed by atoms with Gasteiger partial charge in [0.15, 0.2) is 0 Å². The van der Waals surface area contributed by atoms with Gasteiger partial charge in [0.05, 0.1) is 12.1 Å². The molecule has 0 aliphatic heterocycles. The van der Waals surface area contributed by atoms with Gasteiger partial charge in [-0.1, -0.05) is 48.9 Å². The normalized spacial score (nSPS) is 11.4. The van der Waals surface area contributed by atoms with Gasteiger partial charge in [-0.3, -0.25) is 4.79 Å². The molecule has 0 spiro atoms. The zero-order valence-corrected chi connectivity index (χ0v) is 14.3. The molecule has 1 amide bonds. The van der Waals surface area contributed by atoms with E-state index in [0.29, 0.717) is 6.42 Å². The molecule has 0 radical (unpaired) electrons. The fraction of sp³-hybridized carbons (Fsp3) is 0.300. The molecule has 0 atom stereocenters. The van der Waals surface area contributed by atoms with Crippen LogP contribution in [0.1, 0.15) is 41.7 Å². The molecule has 0 aliphatic carbocycles. The Morgan fingerprint density at radius 3 is 2.35 bits per heavy atom. The molecular formula is C20H24N2O. The Bertz CT molecular complexity index is 715. The van der Waals surface area contributed by atoms with Gasteiger partial charge >= 0.3 is 0 Å². The van der Waals surface area contributed by atoms with Crippen molar-refractivity contribution in [3.8, 4) is 0 Å². The molecule has 0 aromatic heterocycles. The molecule has 0 heterocycles. The topological polar surface area (TPSA) is 41.5 Å². The van der Waals surface area contributed by atoms with Gasteiger partial charge in [0.2, 0.25) is 5.91 Å². The first-order valence-electron chi connectivity index (χ1n) is 7.98. The van der Waals surface area contributed by atoms with Crippen LogP contribution in [0.4, 0.5) is 0 Å². The summed E-state index contributed by atoms with van der Waals surface area (Å²) in [6.45, 7) is 8.13. The van der Waals surface area contributed by atoms with Gasteiger partial charge in [-0.25, -0.2) is 5.43 Å². The van der Waals surface area contributed by atoms with Crippen molar-refractivity contribution in [1.82, 2.24) is 5.43 Å². The second-order valence-corrected chi connectivity index (χ2v) is 5.90. The van der Waals surface area contributed by atoms with Crippen LogP contribution in [0, 0.1) is 13.8 Å². The minimum Gasteiger partial charge on any atom is -0.273 e. The molecule has 2 rings (SSSR count). The first-order chi connectivity index (χ1) is 11.0. The molecule has 3 nitrogen and oxygen atoms in total. The molecular weight excluding hydrogens is 284 g/mol. The second kappa shape index (κ2) is 7.73. The van der Waals surface area contributed by atoms with Crippen molar-refractivity contribution in [1.29, 1.82) is 0 Å². The minimum absolute atomic E-state index is 0.0982. The lowest BCUT2D eigenvalue weighted by Gasteiger charge is -2.07. The lowest BCUT2D eigenvalue weighted by molar-refractivity contribution is -0.120. The predicted octanol–water partition coefficient (Wildman–Crippen LogP) is 3.95. The van der Waals surface area contributed by atoms with Crippen molar-refractivity contribution < 1.29 is 4.79 Å². The molecule has 1 N–H and O–H groups in total. The van der Waals surface area contributed by atoms with Crippen molar-refractivity contribution >= 4 is 11.6 Å². The fourth-order valence-corrected chi connectivity index (χ4v) is 2.45. The highest BCUT2D eigenvalue weighted by atomic mass is 16.2. The number of carbonyl (C=O) groups excluding carboxylic acids is 1. The maximum atomic E-state index is 12.0. The average molecular weight is 308 g/mol. The number of amides is 1. The number of hydrogen-bond acceptors (Lipinski definition) is 2. The van der Waals surface area contributed by atoms with Crippen LogP contribution in [0.15, 0.2) is 47.6 Å². The van der Waals surface area contributed by atoms with Gasteiger partial charge in [0, 0.05) is 5.56 Å². The van der Waals surface area contributed by atoms with E-state index in [0.717, 1.165) is 28.8 Å². The molecule has 0 saturated carbocycles. The van der Waals surface area contributed by atoms with E-state index in [1.165, 1.54) is 11.1 Å². The summed E-state index contributed by atoms with van der Waals surface area (Å²) < 4.78 is 0. The highest BCUT2D eigenvalue weighted by Crippen LogP contribution is 2.11. The summed E-state index contributed by atoms with van der Waals surface area (Å²) >= 11 is 0. The van der Waals surface area contributed by atoms with Crippen molar-refractivity contribution in [2.45, 2.75) is 40.5 Å². The Balaban J connectivity index is 2.00. The Kier molecular flexibility index (Phi) is 5.69. The third-order valence-corrected chi connectivity index (χ3v) is 3.93. The number of carbonyl (C=O) groups is 1. The summed E-state index contributed by atoms with van der Waals surface area (Å²) in [5, 5.41) is 4.24. The number of benzene rings is 2. The molecule has 3 heteroatoms. The van der Waals surface area contributed by atoms with E-state index >= 15 is 0 Å². The molecule has 23 heavy (non-hydrogen) atoms. The van der Waals surface area contributed by atoms with E-state index in [-0.39, 0.29) is 5.91 Å². The van der Waals surface area contributed by atoms with Crippen molar-refractivity contribution in [2.24, 2.45) is 5.10 Å². The largest absolute Gasteiger partial charge is 0.273 e. The van der Waals surface area contributed by atoms with E-state index in [4.69, 9.17) is 0 Å². The average Bonchev–Trinajstić information content (AvgIpc) is 2.55. The lowest BCUT2D eigenvalue weighted by atomic mass is 10.0. The van der Waals surface area contributed by atoms with Crippen molar-refractivity contribution in [3.63, 3.8) is 0 Å². The van der Waals surface area contributed by atoms with Crippen molar-refractivity contribution in [3.05, 3.63) is 70.3 Å². The summed E-state index contributed by atoms with van der Waals surface area (Å²) in [5.41, 5.74) is 9.15.